The monoisotopic (exact) mass is 385 g/mol. The SMILES string of the molecule is CCn1c(CNC(=O)C(Oc2ccccc2)c2ccccc2)nc2ccccc21. The van der Waals surface area contributed by atoms with Gasteiger partial charge in [-0.3, -0.25) is 4.79 Å². The largest absolute Gasteiger partial charge is 0.476 e. The second-order valence-electron chi connectivity index (χ2n) is 6.70. The molecule has 146 valence electrons. The number of nitrogens with zero attached hydrogens (tertiary/aromatic N) is 2. The summed E-state index contributed by atoms with van der Waals surface area (Å²) in [5.41, 5.74) is 2.80. The van der Waals surface area contributed by atoms with Crippen LogP contribution in [0.15, 0.2) is 84.9 Å². The van der Waals surface area contributed by atoms with E-state index in [1.165, 1.54) is 0 Å². The van der Waals surface area contributed by atoms with Crippen molar-refractivity contribution in [3.63, 3.8) is 0 Å². The third-order valence-electron chi connectivity index (χ3n) is 4.81. The number of ether oxygens (including phenoxy) is 1. The summed E-state index contributed by atoms with van der Waals surface area (Å²) in [4.78, 5) is 17.7. The van der Waals surface area contributed by atoms with Gasteiger partial charge in [0.15, 0.2) is 0 Å². The molecule has 1 N–H and O–H groups in total. The Kier molecular flexibility index (Phi) is 5.56. The summed E-state index contributed by atoms with van der Waals surface area (Å²) in [6.45, 7) is 3.20. The molecule has 0 saturated heterocycles. The van der Waals surface area contributed by atoms with Gasteiger partial charge in [0.2, 0.25) is 6.10 Å². The molecule has 0 aliphatic rings. The number of nitrogens with one attached hydrogen (secondary N) is 1. The fourth-order valence-corrected chi connectivity index (χ4v) is 3.41. The van der Waals surface area contributed by atoms with E-state index in [9.17, 15) is 4.79 Å². The van der Waals surface area contributed by atoms with Crippen LogP contribution in [0.3, 0.4) is 0 Å². The molecule has 4 rings (SSSR count). The highest BCUT2D eigenvalue weighted by Gasteiger charge is 2.23. The van der Waals surface area contributed by atoms with Crippen LogP contribution in [0.5, 0.6) is 5.75 Å². The number of aryl methyl sites for hydroxylation is 1. The summed E-state index contributed by atoms with van der Waals surface area (Å²) in [7, 11) is 0. The number of amides is 1. The minimum atomic E-state index is -0.738. The molecule has 0 radical (unpaired) electrons. The molecule has 0 bridgehead atoms. The van der Waals surface area contributed by atoms with Crippen LogP contribution in [0.25, 0.3) is 11.0 Å². The number of aromatic nitrogens is 2. The number of para-hydroxylation sites is 3. The van der Waals surface area contributed by atoms with Crippen LogP contribution in [-0.2, 0) is 17.9 Å². The minimum Gasteiger partial charge on any atom is -0.476 e. The first kappa shape index (κ1) is 18.7. The van der Waals surface area contributed by atoms with Gasteiger partial charge < -0.3 is 14.6 Å². The number of benzene rings is 3. The first-order chi connectivity index (χ1) is 14.3. The van der Waals surface area contributed by atoms with Gasteiger partial charge in [0, 0.05) is 12.1 Å². The lowest BCUT2D eigenvalue weighted by Crippen LogP contribution is -2.32. The van der Waals surface area contributed by atoms with E-state index < -0.39 is 6.10 Å². The summed E-state index contributed by atoms with van der Waals surface area (Å²) < 4.78 is 8.14. The van der Waals surface area contributed by atoms with Gasteiger partial charge in [-0.25, -0.2) is 4.98 Å². The third kappa shape index (κ3) is 4.14. The Hall–Kier alpha value is -3.60. The number of carbonyl (C=O) groups is 1. The van der Waals surface area contributed by atoms with E-state index in [2.05, 4.69) is 21.8 Å². The third-order valence-corrected chi connectivity index (χ3v) is 4.81. The Morgan fingerprint density at radius 3 is 2.34 bits per heavy atom. The molecule has 5 nitrogen and oxygen atoms in total. The van der Waals surface area contributed by atoms with Crippen molar-refractivity contribution in [3.8, 4) is 5.75 Å². The summed E-state index contributed by atoms with van der Waals surface area (Å²) in [5, 5.41) is 3.01. The first-order valence-electron chi connectivity index (χ1n) is 9.74. The van der Waals surface area contributed by atoms with Crippen molar-refractivity contribution >= 4 is 16.9 Å². The van der Waals surface area contributed by atoms with Crippen LogP contribution < -0.4 is 10.1 Å². The van der Waals surface area contributed by atoms with Gasteiger partial charge in [-0.1, -0.05) is 60.7 Å². The molecular weight excluding hydrogens is 362 g/mol. The summed E-state index contributed by atoms with van der Waals surface area (Å²) in [5.74, 6) is 1.28. The number of imidazole rings is 1. The zero-order valence-corrected chi connectivity index (χ0v) is 16.3. The molecule has 1 atom stereocenters. The van der Waals surface area contributed by atoms with Crippen LogP contribution in [0.2, 0.25) is 0 Å². The first-order valence-corrected chi connectivity index (χ1v) is 9.74. The van der Waals surface area contributed by atoms with Crippen LogP contribution >= 0.6 is 0 Å². The summed E-state index contributed by atoms with van der Waals surface area (Å²) in [6, 6.07) is 26.9. The Labute approximate surface area is 170 Å². The lowest BCUT2D eigenvalue weighted by atomic mass is 10.1. The Morgan fingerprint density at radius 2 is 1.62 bits per heavy atom. The maximum Gasteiger partial charge on any atom is 0.266 e. The Bertz CT molecular complexity index is 1090. The number of carbonyl (C=O) groups excluding carboxylic acids is 1. The van der Waals surface area contributed by atoms with Gasteiger partial charge in [0.1, 0.15) is 11.6 Å². The van der Waals surface area contributed by atoms with E-state index in [1.807, 2.05) is 84.9 Å². The molecule has 5 heteroatoms. The zero-order valence-electron chi connectivity index (χ0n) is 16.3. The van der Waals surface area contributed by atoms with Gasteiger partial charge in [-0.2, -0.15) is 0 Å². The standard InChI is InChI=1S/C24H23N3O2/c1-2-27-21-16-10-9-15-20(21)26-22(27)17-25-24(28)23(18-11-5-3-6-12-18)29-19-13-7-4-8-14-19/h3-16,23H,2,17H2,1H3,(H,25,28). The quantitative estimate of drug-likeness (QED) is 0.510. The second kappa shape index (κ2) is 8.61. The van der Waals surface area contributed by atoms with Crippen molar-refractivity contribution in [3.05, 3.63) is 96.3 Å². The van der Waals surface area contributed by atoms with E-state index in [1.54, 1.807) is 0 Å². The van der Waals surface area contributed by atoms with Crippen molar-refractivity contribution < 1.29 is 9.53 Å². The fourth-order valence-electron chi connectivity index (χ4n) is 3.41. The molecule has 0 aliphatic heterocycles. The predicted octanol–water partition coefficient (Wildman–Crippen LogP) is 4.49. The molecule has 29 heavy (non-hydrogen) atoms. The number of hydrogen-bond acceptors (Lipinski definition) is 3. The fraction of sp³-hybridized carbons (Fsp3) is 0.167. The van der Waals surface area contributed by atoms with E-state index >= 15 is 0 Å². The molecule has 1 heterocycles. The van der Waals surface area contributed by atoms with Gasteiger partial charge in [0.25, 0.3) is 5.91 Å². The van der Waals surface area contributed by atoms with Gasteiger partial charge in [-0.15, -0.1) is 0 Å². The van der Waals surface area contributed by atoms with Gasteiger partial charge in [-0.05, 0) is 31.2 Å². The summed E-state index contributed by atoms with van der Waals surface area (Å²) >= 11 is 0. The van der Waals surface area contributed by atoms with Crippen molar-refractivity contribution in [2.75, 3.05) is 0 Å². The molecule has 4 aromatic rings. The van der Waals surface area contributed by atoms with E-state index in [-0.39, 0.29) is 5.91 Å². The van der Waals surface area contributed by atoms with Crippen molar-refractivity contribution in [2.24, 2.45) is 0 Å². The van der Waals surface area contributed by atoms with Crippen LogP contribution in [-0.4, -0.2) is 15.5 Å². The highest BCUT2D eigenvalue weighted by atomic mass is 16.5. The van der Waals surface area contributed by atoms with Gasteiger partial charge >= 0.3 is 0 Å². The van der Waals surface area contributed by atoms with Crippen molar-refractivity contribution in [2.45, 2.75) is 26.1 Å². The van der Waals surface area contributed by atoms with E-state index in [0.717, 1.165) is 29.0 Å². The maximum absolute atomic E-state index is 13.1. The Morgan fingerprint density at radius 1 is 0.966 bits per heavy atom. The molecule has 1 aromatic heterocycles. The number of hydrogen-bond donors (Lipinski definition) is 1. The predicted molar refractivity (Wildman–Crippen MR) is 114 cm³/mol. The number of fused-ring (bicyclic) bond motifs is 1. The smallest absolute Gasteiger partial charge is 0.266 e. The molecule has 0 fully saturated rings. The molecule has 0 saturated carbocycles. The molecule has 0 aliphatic carbocycles. The average molecular weight is 385 g/mol. The summed E-state index contributed by atoms with van der Waals surface area (Å²) in [6.07, 6.45) is -0.738. The lowest BCUT2D eigenvalue weighted by molar-refractivity contribution is -0.128. The lowest BCUT2D eigenvalue weighted by Gasteiger charge is -2.19. The van der Waals surface area contributed by atoms with Crippen LogP contribution in [0.4, 0.5) is 0 Å². The van der Waals surface area contributed by atoms with E-state index in [0.29, 0.717) is 12.3 Å². The highest BCUT2D eigenvalue weighted by Crippen LogP contribution is 2.22. The van der Waals surface area contributed by atoms with Crippen LogP contribution in [0.1, 0.15) is 24.4 Å². The number of rotatable bonds is 7. The van der Waals surface area contributed by atoms with Crippen molar-refractivity contribution in [1.82, 2.24) is 14.9 Å². The van der Waals surface area contributed by atoms with Gasteiger partial charge in [0.05, 0.1) is 17.6 Å². The normalized spacial score (nSPS) is 11.9. The zero-order chi connectivity index (χ0) is 20.1. The van der Waals surface area contributed by atoms with E-state index in [4.69, 9.17) is 4.74 Å². The minimum absolute atomic E-state index is 0.199. The maximum atomic E-state index is 13.1. The topological polar surface area (TPSA) is 56.2 Å². The molecule has 3 aromatic carbocycles. The molecule has 1 amide bonds. The van der Waals surface area contributed by atoms with Crippen LogP contribution in [0, 0.1) is 0 Å². The van der Waals surface area contributed by atoms with Crippen molar-refractivity contribution in [1.29, 1.82) is 0 Å². The average Bonchev–Trinajstić information content (AvgIpc) is 3.14. The highest BCUT2D eigenvalue weighted by molar-refractivity contribution is 5.82. The molecule has 0 spiro atoms. The second-order valence-corrected chi connectivity index (χ2v) is 6.70. The Balaban J connectivity index is 1.55. The molecular formula is C24H23N3O2. The molecule has 1 unspecified atom stereocenters.